The lowest BCUT2D eigenvalue weighted by molar-refractivity contribution is 0.422. The van der Waals surface area contributed by atoms with E-state index in [4.69, 9.17) is 0 Å². The molecule has 0 aliphatic heterocycles. The Morgan fingerprint density at radius 3 is 2.27 bits per heavy atom. The molecule has 0 atom stereocenters. The third-order valence-corrected chi connectivity index (χ3v) is 2.71. The maximum Gasteiger partial charge on any atom is 0.235 e. The van der Waals surface area contributed by atoms with Crippen LogP contribution in [0.5, 0.6) is 0 Å². The fraction of sp³-hybridized carbons (Fsp3) is 0.714. The molecule has 0 aromatic carbocycles. The Bertz CT molecular complexity index is 219. The molecule has 0 radical (unpaired) electrons. The van der Waals surface area contributed by atoms with Gasteiger partial charge in [-0.2, -0.15) is 0 Å². The molecule has 0 fully saturated rings. The smallest absolute Gasteiger partial charge is 0.208 e. The van der Waals surface area contributed by atoms with Gasteiger partial charge in [-0.3, -0.25) is 0 Å². The zero-order valence-corrected chi connectivity index (χ0v) is 8.06. The van der Waals surface area contributed by atoms with Crippen molar-refractivity contribution in [3.05, 3.63) is 12.0 Å². The molecule has 66 valence electrons. The highest BCUT2D eigenvalue weighted by Crippen LogP contribution is 2.02. The number of nitrogens with zero attached hydrogens (tertiary/aromatic N) is 1. The van der Waals surface area contributed by atoms with E-state index < -0.39 is 10.0 Å². The predicted molar refractivity (Wildman–Crippen MR) is 46.6 cm³/mol. The topological polar surface area (TPSA) is 37.4 Å². The van der Waals surface area contributed by atoms with Crippen molar-refractivity contribution < 1.29 is 8.42 Å². The van der Waals surface area contributed by atoms with Crippen LogP contribution in [-0.2, 0) is 10.0 Å². The highest BCUT2D eigenvalue weighted by molar-refractivity contribution is 7.91. The van der Waals surface area contributed by atoms with Gasteiger partial charge in [0.05, 0.1) is 0 Å². The fourth-order valence-electron chi connectivity index (χ4n) is 0.745. The zero-order chi connectivity index (χ0) is 9.07. The van der Waals surface area contributed by atoms with Gasteiger partial charge in [0.1, 0.15) is 0 Å². The van der Waals surface area contributed by atoms with E-state index in [1.165, 1.54) is 4.31 Å². The van der Waals surface area contributed by atoms with Crippen LogP contribution in [0, 0.1) is 5.92 Å². The van der Waals surface area contributed by atoms with Crippen molar-refractivity contribution in [2.75, 3.05) is 13.6 Å². The summed E-state index contributed by atoms with van der Waals surface area (Å²) in [5, 5.41) is 0.968. The van der Waals surface area contributed by atoms with Gasteiger partial charge in [0.25, 0.3) is 0 Å². The van der Waals surface area contributed by atoms with Crippen LogP contribution in [0.1, 0.15) is 13.8 Å². The Kier molecular flexibility index (Phi) is 3.75. The van der Waals surface area contributed by atoms with E-state index in [0.29, 0.717) is 12.5 Å². The summed E-state index contributed by atoms with van der Waals surface area (Å²) in [6.07, 6.45) is 0. The van der Waals surface area contributed by atoms with Gasteiger partial charge in [-0.25, -0.2) is 12.7 Å². The summed E-state index contributed by atoms with van der Waals surface area (Å²) in [6.45, 7) is 7.70. The Labute approximate surface area is 68.8 Å². The number of rotatable bonds is 4. The summed E-state index contributed by atoms with van der Waals surface area (Å²) < 4.78 is 23.4. The number of hydrogen-bond donors (Lipinski definition) is 0. The standard InChI is InChI=1S/C7H15NO2S/c1-5-11(9,10)8(4)6-7(2)3/h5,7H,1,6H2,2-4H3. The third-order valence-electron chi connectivity index (χ3n) is 1.27. The summed E-state index contributed by atoms with van der Waals surface area (Å²) in [7, 11) is -1.64. The predicted octanol–water partition coefficient (Wildman–Crippen LogP) is 1.05. The van der Waals surface area contributed by atoms with Crippen LogP contribution < -0.4 is 0 Å². The van der Waals surface area contributed by atoms with Crippen LogP contribution in [0.15, 0.2) is 12.0 Å². The van der Waals surface area contributed by atoms with Gasteiger partial charge in [0.15, 0.2) is 0 Å². The van der Waals surface area contributed by atoms with Gasteiger partial charge < -0.3 is 0 Å². The normalized spacial score (nSPS) is 12.5. The fourth-order valence-corrected chi connectivity index (χ4v) is 1.51. The van der Waals surface area contributed by atoms with E-state index in [9.17, 15) is 8.42 Å². The summed E-state index contributed by atoms with van der Waals surface area (Å²) in [4.78, 5) is 0. The molecule has 0 aromatic rings. The molecule has 0 saturated carbocycles. The minimum absolute atomic E-state index is 0.342. The summed E-state index contributed by atoms with van der Waals surface area (Å²) >= 11 is 0. The molecule has 0 spiro atoms. The third kappa shape index (κ3) is 3.53. The van der Waals surface area contributed by atoms with E-state index in [1.54, 1.807) is 7.05 Å². The lowest BCUT2D eigenvalue weighted by Gasteiger charge is -2.16. The molecular weight excluding hydrogens is 162 g/mol. The zero-order valence-electron chi connectivity index (χ0n) is 7.24. The molecule has 0 bridgehead atoms. The maximum absolute atomic E-state index is 11.0. The molecule has 0 N–H and O–H groups in total. The second-order valence-corrected chi connectivity index (χ2v) is 4.87. The molecule has 0 aliphatic rings. The summed E-state index contributed by atoms with van der Waals surface area (Å²) in [5.41, 5.74) is 0. The lowest BCUT2D eigenvalue weighted by atomic mass is 10.2. The van der Waals surface area contributed by atoms with Crippen LogP contribution in [-0.4, -0.2) is 26.3 Å². The summed E-state index contributed by atoms with van der Waals surface area (Å²) in [6, 6.07) is 0. The van der Waals surface area contributed by atoms with Crippen LogP contribution >= 0.6 is 0 Å². The van der Waals surface area contributed by atoms with Crippen LogP contribution in [0.2, 0.25) is 0 Å². The van der Waals surface area contributed by atoms with Crippen molar-refractivity contribution >= 4 is 10.0 Å². The molecule has 11 heavy (non-hydrogen) atoms. The first kappa shape index (κ1) is 10.7. The minimum atomic E-state index is -3.20. The Balaban J connectivity index is 4.26. The minimum Gasteiger partial charge on any atom is -0.208 e. The number of hydrogen-bond acceptors (Lipinski definition) is 2. The van der Waals surface area contributed by atoms with E-state index in [-0.39, 0.29) is 0 Å². The maximum atomic E-state index is 11.0. The first-order chi connectivity index (χ1) is 4.90. The molecular formula is C7H15NO2S. The molecule has 0 rings (SSSR count). The average molecular weight is 177 g/mol. The van der Waals surface area contributed by atoms with Crippen LogP contribution in [0.3, 0.4) is 0 Å². The quantitative estimate of drug-likeness (QED) is 0.643. The Morgan fingerprint density at radius 1 is 1.55 bits per heavy atom. The first-order valence-corrected chi connectivity index (χ1v) is 4.99. The van der Waals surface area contributed by atoms with E-state index in [2.05, 4.69) is 6.58 Å². The average Bonchev–Trinajstić information content (AvgIpc) is 1.86. The van der Waals surface area contributed by atoms with Gasteiger partial charge >= 0.3 is 0 Å². The summed E-state index contributed by atoms with van der Waals surface area (Å²) in [5.74, 6) is 0.342. The Morgan fingerprint density at radius 2 is 2.00 bits per heavy atom. The van der Waals surface area contributed by atoms with Crippen molar-refractivity contribution in [2.45, 2.75) is 13.8 Å². The van der Waals surface area contributed by atoms with Crippen molar-refractivity contribution in [2.24, 2.45) is 5.92 Å². The van der Waals surface area contributed by atoms with Gasteiger partial charge in [-0.15, -0.1) is 0 Å². The van der Waals surface area contributed by atoms with Crippen molar-refractivity contribution in [3.8, 4) is 0 Å². The van der Waals surface area contributed by atoms with Gasteiger partial charge in [-0.05, 0) is 5.92 Å². The second-order valence-electron chi connectivity index (χ2n) is 2.89. The van der Waals surface area contributed by atoms with Crippen molar-refractivity contribution in [1.82, 2.24) is 4.31 Å². The first-order valence-electron chi connectivity index (χ1n) is 3.49. The van der Waals surface area contributed by atoms with E-state index in [0.717, 1.165) is 5.41 Å². The Hall–Kier alpha value is -0.350. The monoisotopic (exact) mass is 177 g/mol. The van der Waals surface area contributed by atoms with E-state index in [1.807, 2.05) is 13.8 Å². The second kappa shape index (κ2) is 3.88. The largest absolute Gasteiger partial charge is 0.235 e. The molecule has 3 nitrogen and oxygen atoms in total. The van der Waals surface area contributed by atoms with Crippen LogP contribution in [0.4, 0.5) is 0 Å². The number of sulfonamides is 1. The van der Waals surface area contributed by atoms with E-state index >= 15 is 0 Å². The molecule has 0 saturated heterocycles. The van der Waals surface area contributed by atoms with Gasteiger partial charge in [-0.1, -0.05) is 20.4 Å². The van der Waals surface area contributed by atoms with Crippen molar-refractivity contribution in [3.63, 3.8) is 0 Å². The molecule has 0 heterocycles. The molecule has 4 heteroatoms. The lowest BCUT2D eigenvalue weighted by Crippen LogP contribution is -2.28. The van der Waals surface area contributed by atoms with Crippen molar-refractivity contribution in [1.29, 1.82) is 0 Å². The highest BCUT2D eigenvalue weighted by atomic mass is 32.2. The highest BCUT2D eigenvalue weighted by Gasteiger charge is 2.13. The molecule has 0 amide bonds. The van der Waals surface area contributed by atoms with Crippen LogP contribution in [0.25, 0.3) is 0 Å². The molecule has 0 aliphatic carbocycles. The molecule has 0 aromatic heterocycles. The SMILES string of the molecule is C=CS(=O)(=O)N(C)CC(C)C. The molecule has 0 unspecified atom stereocenters. The van der Waals surface area contributed by atoms with Gasteiger partial charge in [0, 0.05) is 19.0 Å². The van der Waals surface area contributed by atoms with Gasteiger partial charge in [0.2, 0.25) is 10.0 Å².